The van der Waals surface area contributed by atoms with Gasteiger partial charge in [-0.25, -0.2) is 0 Å². The molecule has 1 heterocycles. The molecule has 0 radical (unpaired) electrons. The van der Waals surface area contributed by atoms with Crippen LogP contribution in [0.25, 0.3) is 0 Å². The molecule has 172 valence electrons. The minimum absolute atomic E-state index is 0.00891. The van der Waals surface area contributed by atoms with Gasteiger partial charge in [0.15, 0.2) is 6.29 Å². The lowest BCUT2D eigenvalue weighted by atomic mass is 9.97. The van der Waals surface area contributed by atoms with Gasteiger partial charge in [-0.15, -0.1) is 0 Å². The quantitative estimate of drug-likeness (QED) is 0.423. The zero-order valence-electron chi connectivity index (χ0n) is 17.0. The summed E-state index contributed by atoms with van der Waals surface area (Å²) >= 11 is 0. The van der Waals surface area contributed by atoms with E-state index in [1.807, 2.05) is 0 Å². The molecule has 1 aliphatic rings. The highest BCUT2D eigenvalue weighted by Gasteiger charge is 2.57. The molecule has 0 bridgehead atoms. The fourth-order valence-corrected chi connectivity index (χ4v) is 3.68. The van der Waals surface area contributed by atoms with E-state index >= 15 is 0 Å². The second kappa shape index (κ2) is 9.87. The topological polar surface area (TPSA) is 144 Å². The van der Waals surface area contributed by atoms with E-state index in [1.54, 1.807) is 24.3 Å². The number of ether oxygens (including phenoxy) is 4. The Balaban J connectivity index is 2.29. The summed E-state index contributed by atoms with van der Waals surface area (Å²) < 4.78 is 77.4. The van der Waals surface area contributed by atoms with E-state index in [0.29, 0.717) is 11.3 Å². The van der Waals surface area contributed by atoms with E-state index in [1.165, 1.54) is 14.2 Å². The Labute approximate surface area is 176 Å². The third-order valence-corrected chi connectivity index (χ3v) is 5.41. The molecular weight excluding hydrogens is 444 g/mol. The minimum atomic E-state index is -3.92. The summed E-state index contributed by atoms with van der Waals surface area (Å²) in [6.45, 7) is -1.33. The number of aliphatic hydroxyl groups is 1. The summed E-state index contributed by atoms with van der Waals surface area (Å²) in [7, 11) is -5.05. The van der Waals surface area contributed by atoms with Crippen LogP contribution in [0.2, 0.25) is 0 Å². The maximum absolute atomic E-state index is 11.5. The van der Waals surface area contributed by atoms with Crippen molar-refractivity contribution in [2.75, 3.05) is 39.9 Å². The third-order valence-electron chi connectivity index (χ3n) is 4.31. The van der Waals surface area contributed by atoms with Crippen molar-refractivity contribution in [2.45, 2.75) is 30.7 Å². The first-order valence-corrected chi connectivity index (χ1v) is 12.3. The normalized spacial score (nSPS) is 24.1. The second-order valence-electron chi connectivity index (χ2n) is 6.79. The first-order chi connectivity index (χ1) is 13.9. The van der Waals surface area contributed by atoms with Crippen LogP contribution >= 0.6 is 0 Å². The molecular formula is C17H26O11S2. The van der Waals surface area contributed by atoms with E-state index < -0.39 is 57.5 Å². The predicted octanol–water partition coefficient (Wildman–Crippen LogP) is -0.365. The van der Waals surface area contributed by atoms with Crippen LogP contribution in [0.5, 0.6) is 5.75 Å². The Morgan fingerprint density at radius 3 is 1.97 bits per heavy atom. The second-order valence-corrected chi connectivity index (χ2v) is 10.1. The Kier molecular flexibility index (Phi) is 8.21. The Morgan fingerprint density at radius 2 is 1.53 bits per heavy atom. The van der Waals surface area contributed by atoms with E-state index in [0.717, 1.165) is 12.5 Å². The SMILES string of the molecule is COc1ccc(COC2[C@H](O)[C@H](OC)OC2(COS(C)(=O)=O)COS(C)(=O)=O)cc1. The lowest BCUT2D eigenvalue weighted by molar-refractivity contribution is -0.196. The highest BCUT2D eigenvalue weighted by Crippen LogP contribution is 2.36. The molecule has 1 aromatic rings. The number of benzene rings is 1. The average Bonchev–Trinajstić information content (AvgIpc) is 2.94. The average molecular weight is 471 g/mol. The highest BCUT2D eigenvalue weighted by molar-refractivity contribution is 7.86. The molecule has 0 saturated carbocycles. The number of aliphatic hydroxyl groups excluding tert-OH is 1. The van der Waals surface area contributed by atoms with Crippen molar-refractivity contribution < 1.29 is 49.3 Å². The first kappa shape index (κ1) is 24.9. The van der Waals surface area contributed by atoms with Gasteiger partial charge < -0.3 is 24.1 Å². The molecule has 0 aromatic heterocycles. The van der Waals surface area contributed by atoms with Crippen LogP contribution in [0.1, 0.15) is 5.56 Å². The van der Waals surface area contributed by atoms with Crippen molar-refractivity contribution in [3.63, 3.8) is 0 Å². The van der Waals surface area contributed by atoms with Crippen LogP contribution in [0.15, 0.2) is 24.3 Å². The molecule has 1 fully saturated rings. The van der Waals surface area contributed by atoms with Crippen LogP contribution < -0.4 is 4.74 Å². The molecule has 1 N–H and O–H groups in total. The molecule has 1 aliphatic heterocycles. The smallest absolute Gasteiger partial charge is 0.264 e. The van der Waals surface area contributed by atoms with Gasteiger partial charge in [0, 0.05) is 7.11 Å². The molecule has 1 saturated heterocycles. The van der Waals surface area contributed by atoms with Gasteiger partial charge in [-0.1, -0.05) is 12.1 Å². The van der Waals surface area contributed by atoms with Crippen molar-refractivity contribution in [1.82, 2.24) is 0 Å². The molecule has 3 atom stereocenters. The van der Waals surface area contributed by atoms with Crippen molar-refractivity contribution in [3.05, 3.63) is 29.8 Å². The number of hydrogen-bond acceptors (Lipinski definition) is 11. The van der Waals surface area contributed by atoms with Gasteiger partial charge in [-0.3, -0.25) is 8.37 Å². The van der Waals surface area contributed by atoms with E-state index in [-0.39, 0.29) is 6.61 Å². The Bertz CT molecular complexity index is 860. The minimum Gasteiger partial charge on any atom is -0.497 e. The molecule has 0 spiro atoms. The summed E-state index contributed by atoms with van der Waals surface area (Å²) in [6, 6.07) is 6.89. The molecule has 1 unspecified atom stereocenters. The van der Waals surface area contributed by atoms with Crippen LogP contribution in [-0.2, 0) is 49.4 Å². The van der Waals surface area contributed by atoms with Crippen LogP contribution in [-0.4, -0.2) is 86.0 Å². The summed E-state index contributed by atoms with van der Waals surface area (Å²) in [5.41, 5.74) is -1.07. The summed E-state index contributed by atoms with van der Waals surface area (Å²) in [6.07, 6.45) is -2.18. The standard InChI is InChI=1S/C17H26O11S2/c1-23-13-7-5-12(6-8-13)9-25-15-14(18)16(24-2)28-17(15,10-26-29(3,19)20)11-27-30(4,21)22/h5-8,14-16,18H,9-11H2,1-4H3/t14-,15?,16+/m0/s1. The maximum Gasteiger partial charge on any atom is 0.264 e. The van der Waals surface area contributed by atoms with E-state index in [9.17, 15) is 21.9 Å². The van der Waals surface area contributed by atoms with Crippen molar-refractivity contribution in [3.8, 4) is 5.75 Å². The molecule has 0 aliphatic carbocycles. The van der Waals surface area contributed by atoms with Gasteiger partial charge >= 0.3 is 0 Å². The lowest BCUT2D eigenvalue weighted by Gasteiger charge is -2.33. The van der Waals surface area contributed by atoms with Gasteiger partial charge in [-0.05, 0) is 17.7 Å². The largest absolute Gasteiger partial charge is 0.497 e. The maximum atomic E-state index is 11.5. The third kappa shape index (κ3) is 6.85. The first-order valence-electron chi connectivity index (χ1n) is 8.71. The van der Waals surface area contributed by atoms with Gasteiger partial charge in [0.2, 0.25) is 0 Å². The molecule has 30 heavy (non-hydrogen) atoms. The fourth-order valence-electron chi connectivity index (χ4n) is 2.86. The molecule has 0 amide bonds. The zero-order chi connectivity index (χ0) is 22.6. The Morgan fingerprint density at radius 1 is 1.00 bits per heavy atom. The number of hydrogen-bond donors (Lipinski definition) is 1. The molecule has 1 aromatic carbocycles. The summed E-state index contributed by atoms with van der Waals surface area (Å²) in [4.78, 5) is 0. The molecule has 13 heteroatoms. The lowest BCUT2D eigenvalue weighted by Crippen LogP contribution is -2.52. The predicted molar refractivity (Wildman–Crippen MR) is 104 cm³/mol. The summed E-state index contributed by atoms with van der Waals surface area (Å²) in [5, 5.41) is 10.6. The summed E-state index contributed by atoms with van der Waals surface area (Å²) in [5.74, 6) is 0.639. The van der Waals surface area contributed by atoms with E-state index in [2.05, 4.69) is 0 Å². The van der Waals surface area contributed by atoms with Crippen molar-refractivity contribution >= 4 is 20.2 Å². The van der Waals surface area contributed by atoms with Crippen molar-refractivity contribution in [2.24, 2.45) is 0 Å². The monoisotopic (exact) mass is 470 g/mol. The van der Waals surface area contributed by atoms with Gasteiger partial charge in [0.05, 0.1) is 26.2 Å². The molecule has 2 rings (SSSR count). The highest BCUT2D eigenvalue weighted by atomic mass is 32.2. The van der Waals surface area contributed by atoms with Crippen LogP contribution in [0.3, 0.4) is 0 Å². The van der Waals surface area contributed by atoms with Gasteiger partial charge in [0.25, 0.3) is 20.2 Å². The van der Waals surface area contributed by atoms with E-state index in [4.69, 9.17) is 27.3 Å². The van der Waals surface area contributed by atoms with Gasteiger partial charge in [0.1, 0.15) is 36.8 Å². The van der Waals surface area contributed by atoms with Gasteiger partial charge in [-0.2, -0.15) is 16.8 Å². The van der Waals surface area contributed by atoms with Crippen molar-refractivity contribution in [1.29, 1.82) is 0 Å². The Hall–Kier alpha value is -1.32. The number of rotatable bonds is 11. The fraction of sp³-hybridized carbons (Fsp3) is 0.647. The number of methoxy groups -OCH3 is 2. The van der Waals surface area contributed by atoms with Crippen LogP contribution in [0.4, 0.5) is 0 Å². The van der Waals surface area contributed by atoms with Crippen LogP contribution in [0, 0.1) is 0 Å². The molecule has 11 nitrogen and oxygen atoms in total. The zero-order valence-corrected chi connectivity index (χ0v) is 18.6.